The van der Waals surface area contributed by atoms with Gasteiger partial charge in [-0.15, -0.1) is 0 Å². The summed E-state index contributed by atoms with van der Waals surface area (Å²) in [6.07, 6.45) is 5.42. The van der Waals surface area contributed by atoms with E-state index < -0.39 is 14.6 Å². The molecule has 1 aliphatic heterocycles. The van der Waals surface area contributed by atoms with Crippen LogP contribution in [0.3, 0.4) is 0 Å². The van der Waals surface area contributed by atoms with E-state index in [9.17, 15) is 13.2 Å². The van der Waals surface area contributed by atoms with Crippen LogP contribution in [-0.4, -0.2) is 49.9 Å². The van der Waals surface area contributed by atoms with E-state index in [0.717, 1.165) is 17.5 Å². The highest BCUT2D eigenvalue weighted by Crippen LogP contribution is 2.28. The largest absolute Gasteiger partial charge is 0.361 e. The van der Waals surface area contributed by atoms with Gasteiger partial charge in [0.05, 0.1) is 0 Å². The average Bonchev–Trinajstić information content (AvgIpc) is 3.04. The molecule has 0 spiro atoms. The zero-order chi connectivity index (χ0) is 18.8. The molecule has 142 valence electrons. The molecule has 1 saturated heterocycles. The fraction of sp³-hybridized carbons (Fsp3) is 0.526. The molecular weight excluding hydrogens is 350 g/mol. The van der Waals surface area contributed by atoms with Crippen LogP contribution in [0.15, 0.2) is 24.4 Å². The molecular formula is C19H27N3O3S. The SMILES string of the molecule is CCc1cccc2c(CCNC(=O)C3(S(C)(=O)=O)CCNCC3)c[nH]c12. The molecule has 2 heterocycles. The van der Waals surface area contributed by atoms with Crippen molar-refractivity contribution in [3.8, 4) is 0 Å². The van der Waals surface area contributed by atoms with Crippen LogP contribution in [0.4, 0.5) is 0 Å². The molecule has 1 aromatic heterocycles. The number of aromatic nitrogens is 1. The minimum Gasteiger partial charge on any atom is -0.361 e. The summed E-state index contributed by atoms with van der Waals surface area (Å²) in [7, 11) is -3.47. The van der Waals surface area contributed by atoms with Crippen LogP contribution in [0.2, 0.25) is 0 Å². The van der Waals surface area contributed by atoms with Crippen molar-refractivity contribution in [1.29, 1.82) is 0 Å². The number of benzene rings is 1. The quantitative estimate of drug-likeness (QED) is 0.712. The monoisotopic (exact) mass is 377 g/mol. The zero-order valence-corrected chi connectivity index (χ0v) is 16.2. The van der Waals surface area contributed by atoms with Gasteiger partial charge in [-0.05, 0) is 49.9 Å². The van der Waals surface area contributed by atoms with Crippen molar-refractivity contribution in [3.63, 3.8) is 0 Å². The van der Waals surface area contributed by atoms with Crippen LogP contribution >= 0.6 is 0 Å². The number of rotatable bonds is 6. The number of para-hydroxylation sites is 1. The first-order chi connectivity index (χ1) is 12.4. The number of aryl methyl sites for hydroxylation is 1. The molecule has 3 rings (SSSR count). The molecule has 6 nitrogen and oxygen atoms in total. The Hall–Kier alpha value is -1.86. The Labute approximate surface area is 154 Å². The summed E-state index contributed by atoms with van der Waals surface area (Å²) in [6.45, 7) is 3.64. The van der Waals surface area contributed by atoms with E-state index in [1.165, 1.54) is 17.2 Å². The van der Waals surface area contributed by atoms with Gasteiger partial charge >= 0.3 is 0 Å². The van der Waals surface area contributed by atoms with Gasteiger partial charge in [0.25, 0.3) is 0 Å². The van der Waals surface area contributed by atoms with Crippen molar-refractivity contribution in [2.45, 2.75) is 37.4 Å². The number of carbonyl (C=O) groups excluding carboxylic acids is 1. The molecule has 0 aliphatic carbocycles. The minimum atomic E-state index is -3.47. The van der Waals surface area contributed by atoms with E-state index in [0.29, 0.717) is 38.9 Å². The maximum absolute atomic E-state index is 12.7. The second kappa shape index (κ2) is 7.40. The topological polar surface area (TPSA) is 91.1 Å². The first kappa shape index (κ1) is 18.9. The lowest BCUT2D eigenvalue weighted by molar-refractivity contribution is -0.124. The number of fused-ring (bicyclic) bond motifs is 1. The third kappa shape index (κ3) is 3.38. The number of H-pyrrole nitrogens is 1. The van der Waals surface area contributed by atoms with Gasteiger partial charge in [-0.3, -0.25) is 4.79 Å². The average molecular weight is 378 g/mol. The molecule has 1 fully saturated rings. The van der Waals surface area contributed by atoms with Crippen molar-refractivity contribution in [2.75, 3.05) is 25.9 Å². The molecule has 26 heavy (non-hydrogen) atoms. The van der Waals surface area contributed by atoms with Gasteiger partial charge in [-0.25, -0.2) is 8.42 Å². The lowest BCUT2D eigenvalue weighted by atomic mass is 9.95. The first-order valence-corrected chi connectivity index (χ1v) is 11.0. The predicted octanol–water partition coefficient (Wildman–Crippen LogP) is 1.56. The molecule has 3 N–H and O–H groups in total. The number of hydrogen-bond acceptors (Lipinski definition) is 4. The van der Waals surface area contributed by atoms with Gasteiger partial charge in [0.15, 0.2) is 14.6 Å². The fourth-order valence-corrected chi connectivity index (χ4v) is 5.20. The molecule has 1 aliphatic rings. The number of hydrogen-bond donors (Lipinski definition) is 3. The molecule has 7 heteroatoms. The van der Waals surface area contributed by atoms with E-state index >= 15 is 0 Å². The van der Waals surface area contributed by atoms with Gasteiger partial charge < -0.3 is 15.6 Å². The van der Waals surface area contributed by atoms with Crippen LogP contribution in [0, 0.1) is 0 Å². The number of nitrogens with one attached hydrogen (secondary N) is 3. The van der Waals surface area contributed by atoms with E-state index in [1.807, 2.05) is 12.3 Å². The summed E-state index contributed by atoms with van der Waals surface area (Å²) in [6, 6.07) is 6.23. The van der Waals surface area contributed by atoms with Crippen molar-refractivity contribution in [3.05, 3.63) is 35.5 Å². The van der Waals surface area contributed by atoms with E-state index in [2.05, 4.69) is 34.7 Å². The summed E-state index contributed by atoms with van der Waals surface area (Å²) in [5.41, 5.74) is 3.54. The number of amides is 1. The highest BCUT2D eigenvalue weighted by atomic mass is 32.2. The van der Waals surface area contributed by atoms with Crippen LogP contribution in [0.25, 0.3) is 10.9 Å². The van der Waals surface area contributed by atoms with Gasteiger partial charge in [0.2, 0.25) is 5.91 Å². The van der Waals surface area contributed by atoms with Gasteiger partial charge in [0.1, 0.15) is 0 Å². The van der Waals surface area contributed by atoms with Crippen LogP contribution < -0.4 is 10.6 Å². The summed E-state index contributed by atoms with van der Waals surface area (Å²) in [4.78, 5) is 16.1. The van der Waals surface area contributed by atoms with Crippen LogP contribution in [0.1, 0.15) is 30.9 Å². The maximum atomic E-state index is 12.7. The van der Waals surface area contributed by atoms with E-state index in [-0.39, 0.29) is 5.91 Å². The molecule has 0 radical (unpaired) electrons. The van der Waals surface area contributed by atoms with Gasteiger partial charge in [-0.1, -0.05) is 25.1 Å². The number of sulfone groups is 1. The summed E-state index contributed by atoms with van der Waals surface area (Å²) in [5, 5.41) is 7.16. The Morgan fingerprint density at radius 3 is 2.62 bits per heavy atom. The fourth-order valence-electron chi connectivity index (χ4n) is 3.85. The standard InChI is InChI=1S/C19H27N3O3S/c1-3-14-5-4-6-16-15(13-22-17(14)16)7-10-21-18(23)19(26(2,24)25)8-11-20-12-9-19/h4-6,13,20,22H,3,7-12H2,1-2H3,(H,21,23). The van der Waals surface area contributed by atoms with Crippen LogP contribution in [0.5, 0.6) is 0 Å². The Kier molecular flexibility index (Phi) is 5.39. The van der Waals surface area contributed by atoms with Crippen molar-refractivity contribution < 1.29 is 13.2 Å². The lowest BCUT2D eigenvalue weighted by Crippen LogP contribution is -2.57. The smallest absolute Gasteiger partial charge is 0.241 e. The van der Waals surface area contributed by atoms with Crippen LogP contribution in [-0.2, 0) is 27.5 Å². The van der Waals surface area contributed by atoms with Crippen molar-refractivity contribution >= 4 is 26.6 Å². The molecule has 1 aromatic carbocycles. The summed E-state index contributed by atoms with van der Waals surface area (Å²) in [5.74, 6) is -0.365. The second-order valence-corrected chi connectivity index (χ2v) is 9.36. The highest BCUT2D eigenvalue weighted by molar-refractivity contribution is 7.92. The normalized spacial score (nSPS) is 17.3. The lowest BCUT2D eigenvalue weighted by Gasteiger charge is -2.34. The highest BCUT2D eigenvalue weighted by Gasteiger charge is 2.48. The number of piperidine rings is 1. The van der Waals surface area contributed by atoms with Gasteiger partial charge in [0, 0.05) is 29.9 Å². The molecule has 0 bridgehead atoms. The molecule has 0 saturated carbocycles. The maximum Gasteiger partial charge on any atom is 0.241 e. The molecule has 2 aromatic rings. The molecule has 1 amide bonds. The zero-order valence-electron chi connectivity index (χ0n) is 15.4. The summed E-state index contributed by atoms with van der Waals surface area (Å²) >= 11 is 0. The Morgan fingerprint density at radius 2 is 1.96 bits per heavy atom. The Balaban J connectivity index is 1.70. The number of carbonyl (C=O) groups is 1. The third-order valence-corrected chi connectivity index (χ3v) is 7.50. The van der Waals surface area contributed by atoms with Crippen molar-refractivity contribution in [1.82, 2.24) is 15.6 Å². The van der Waals surface area contributed by atoms with Gasteiger partial charge in [-0.2, -0.15) is 0 Å². The second-order valence-electron chi connectivity index (χ2n) is 7.03. The predicted molar refractivity (Wildman–Crippen MR) is 104 cm³/mol. The number of aromatic amines is 1. The first-order valence-electron chi connectivity index (χ1n) is 9.15. The summed E-state index contributed by atoms with van der Waals surface area (Å²) < 4.78 is 23.3. The minimum absolute atomic E-state index is 0.324. The molecule has 0 unspecified atom stereocenters. The third-order valence-electron chi connectivity index (χ3n) is 5.48. The Bertz CT molecular complexity index is 896. The van der Waals surface area contributed by atoms with E-state index in [1.54, 1.807) is 0 Å². The van der Waals surface area contributed by atoms with E-state index in [4.69, 9.17) is 0 Å². The van der Waals surface area contributed by atoms with Crippen molar-refractivity contribution in [2.24, 2.45) is 0 Å². The Morgan fingerprint density at radius 1 is 1.23 bits per heavy atom. The molecule has 0 atom stereocenters.